The first-order chi connectivity index (χ1) is 10.1. The van der Waals surface area contributed by atoms with E-state index >= 15 is 0 Å². The summed E-state index contributed by atoms with van der Waals surface area (Å²) in [7, 11) is 0. The molecule has 1 aliphatic heterocycles. The molecule has 1 saturated heterocycles. The highest BCUT2D eigenvalue weighted by Crippen LogP contribution is 2.26. The first-order valence-electron chi connectivity index (χ1n) is 6.56. The second-order valence-corrected chi connectivity index (χ2v) is 6.22. The maximum atomic E-state index is 13.2. The highest BCUT2D eigenvalue weighted by Gasteiger charge is 2.23. The average molecular weight is 372 g/mol. The van der Waals surface area contributed by atoms with Crippen molar-refractivity contribution in [2.75, 3.05) is 23.3 Å². The maximum Gasteiger partial charge on any atom is 0.222 e. The summed E-state index contributed by atoms with van der Waals surface area (Å²) in [6.07, 6.45) is 4.39. The lowest BCUT2D eigenvalue weighted by molar-refractivity contribution is 0.628. The van der Waals surface area contributed by atoms with Crippen LogP contribution in [-0.4, -0.2) is 29.1 Å². The summed E-state index contributed by atoms with van der Waals surface area (Å²) in [6.45, 7) is 1.69. The minimum absolute atomic E-state index is 0.153. The van der Waals surface area contributed by atoms with Gasteiger partial charge in [-0.15, -0.1) is 0 Å². The van der Waals surface area contributed by atoms with Gasteiger partial charge in [-0.25, -0.2) is 14.4 Å². The van der Waals surface area contributed by atoms with Crippen LogP contribution in [0.2, 0.25) is 5.02 Å². The predicted octanol–water partition coefficient (Wildman–Crippen LogP) is 3.72. The second kappa shape index (κ2) is 6.15. The fourth-order valence-corrected chi connectivity index (χ4v) is 2.74. The SMILES string of the molecule is Fc1ccc(N2CCC(Nc3ncc(Br)cn3)C2)cc1Cl. The summed E-state index contributed by atoms with van der Waals surface area (Å²) in [5, 5.41) is 3.45. The lowest BCUT2D eigenvalue weighted by atomic mass is 10.2. The van der Waals surface area contributed by atoms with Gasteiger partial charge in [-0.1, -0.05) is 11.6 Å². The molecule has 0 spiro atoms. The Balaban J connectivity index is 1.64. The molecular weight excluding hydrogens is 359 g/mol. The molecule has 4 nitrogen and oxygen atoms in total. The van der Waals surface area contributed by atoms with Crippen LogP contribution in [0.3, 0.4) is 0 Å². The quantitative estimate of drug-likeness (QED) is 0.893. The van der Waals surface area contributed by atoms with Crippen molar-refractivity contribution >= 4 is 39.2 Å². The van der Waals surface area contributed by atoms with Crippen LogP contribution in [-0.2, 0) is 0 Å². The molecule has 110 valence electrons. The molecule has 1 aromatic carbocycles. The third-order valence-corrected chi connectivity index (χ3v) is 4.11. The topological polar surface area (TPSA) is 41.0 Å². The van der Waals surface area contributed by atoms with Crippen LogP contribution in [0.1, 0.15) is 6.42 Å². The Morgan fingerprint density at radius 2 is 2.10 bits per heavy atom. The first kappa shape index (κ1) is 14.5. The summed E-state index contributed by atoms with van der Waals surface area (Å²) in [5.41, 5.74) is 0.933. The van der Waals surface area contributed by atoms with Gasteiger partial charge in [-0.3, -0.25) is 0 Å². The van der Waals surface area contributed by atoms with Crippen LogP contribution in [0, 0.1) is 5.82 Å². The van der Waals surface area contributed by atoms with Crippen LogP contribution in [0.4, 0.5) is 16.0 Å². The molecule has 0 amide bonds. The Hall–Kier alpha value is -1.40. The van der Waals surface area contributed by atoms with Gasteiger partial charge >= 0.3 is 0 Å². The number of aromatic nitrogens is 2. The van der Waals surface area contributed by atoms with E-state index in [-0.39, 0.29) is 11.1 Å². The number of nitrogens with one attached hydrogen (secondary N) is 1. The lowest BCUT2D eigenvalue weighted by Gasteiger charge is -2.19. The number of hydrogen-bond acceptors (Lipinski definition) is 4. The summed E-state index contributed by atoms with van der Waals surface area (Å²) in [6, 6.07) is 5.07. The van der Waals surface area contributed by atoms with E-state index in [1.807, 2.05) is 0 Å². The fourth-order valence-electron chi connectivity index (χ4n) is 2.36. The van der Waals surface area contributed by atoms with Crippen LogP contribution >= 0.6 is 27.5 Å². The van der Waals surface area contributed by atoms with E-state index in [9.17, 15) is 4.39 Å². The molecule has 1 aromatic heterocycles. The van der Waals surface area contributed by atoms with E-state index in [2.05, 4.69) is 36.1 Å². The molecule has 0 saturated carbocycles. The van der Waals surface area contributed by atoms with Crippen LogP contribution in [0.15, 0.2) is 35.1 Å². The Morgan fingerprint density at radius 1 is 1.33 bits per heavy atom. The van der Waals surface area contributed by atoms with Gasteiger partial charge in [0.05, 0.1) is 9.50 Å². The van der Waals surface area contributed by atoms with Gasteiger partial charge in [0.1, 0.15) is 5.82 Å². The van der Waals surface area contributed by atoms with E-state index in [0.29, 0.717) is 5.95 Å². The first-order valence-corrected chi connectivity index (χ1v) is 7.73. The molecule has 2 aromatic rings. The molecule has 7 heteroatoms. The normalized spacial score (nSPS) is 18.0. The van der Waals surface area contributed by atoms with Gasteiger partial charge in [0.2, 0.25) is 5.95 Å². The number of hydrogen-bond donors (Lipinski definition) is 1. The van der Waals surface area contributed by atoms with Gasteiger partial charge in [-0.05, 0) is 40.5 Å². The molecule has 3 rings (SSSR count). The zero-order valence-electron chi connectivity index (χ0n) is 11.1. The van der Waals surface area contributed by atoms with Crippen molar-refractivity contribution in [2.45, 2.75) is 12.5 Å². The van der Waals surface area contributed by atoms with Crippen LogP contribution in [0.25, 0.3) is 0 Å². The van der Waals surface area contributed by atoms with E-state index in [0.717, 1.165) is 29.7 Å². The number of anilines is 2. The Labute approximate surface area is 135 Å². The van der Waals surface area contributed by atoms with Gasteiger partial charge < -0.3 is 10.2 Å². The van der Waals surface area contributed by atoms with E-state index in [1.165, 1.54) is 6.07 Å². The van der Waals surface area contributed by atoms with Crippen molar-refractivity contribution in [3.8, 4) is 0 Å². The van der Waals surface area contributed by atoms with E-state index in [4.69, 9.17) is 11.6 Å². The number of nitrogens with zero attached hydrogens (tertiary/aromatic N) is 3. The lowest BCUT2D eigenvalue weighted by Crippen LogP contribution is -2.26. The molecule has 1 fully saturated rings. The highest BCUT2D eigenvalue weighted by atomic mass is 79.9. The average Bonchev–Trinajstić information content (AvgIpc) is 2.93. The summed E-state index contributed by atoms with van der Waals surface area (Å²) >= 11 is 9.14. The predicted molar refractivity (Wildman–Crippen MR) is 85.4 cm³/mol. The summed E-state index contributed by atoms with van der Waals surface area (Å²) in [4.78, 5) is 10.6. The minimum atomic E-state index is -0.391. The van der Waals surface area contributed by atoms with Crippen LogP contribution < -0.4 is 10.2 Å². The monoisotopic (exact) mass is 370 g/mol. The number of rotatable bonds is 3. The third-order valence-electron chi connectivity index (χ3n) is 3.41. The van der Waals surface area contributed by atoms with Crippen molar-refractivity contribution in [3.63, 3.8) is 0 Å². The highest BCUT2D eigenvalue weighted by molar-refractivity contribution is 9.10. The zero-order valence-corrected chi connectivity index (χ0v) is 13.4. The third kappa shape index (κ3) is 3.44. The Bertz CT molecular complexity index is 637. The fraction of sp³-hybridized carbons (Fsp3) is 0.286. The molecule has 2 heterocycles. The van der Waals surface area contributed by atoms with Crippen molar-refractivity contribution in [1.29, 1.82) is 0 Å². The van der Waals surface area contributed by atoms with E-state index in [1.54, 1.807) is 24.5 Å². The van der Waals surface area contributed by atoms with Gasteiger partial charge in [0.25, 0.3) is 0 Å². The molecule has 0 bridgehead atoms. The Kier molecular flexibility index (Phi) is 4.26. The molecule has 0 radical (unpaired) electrons. The molecule has 1 atom stereocenters. The summed E-state index contributed by atoms with van der Waals surface area (Å²) in [5.74, 6) is 0.222. The maximum absolute atomic E-state index is 13.2. The molecule has 0 aliphatic carbocycles. The second-order valence-electron chi connectivity index (χ2n) is 4.90. The van der Waals surface area contributed by atoms with Crippen molar-refractivity contribution in [1.82, 2.24) is 9.97 Å². The van der Waals surface area contributed by atoms with Crippen molar-refractivity contribution in [3.05, 3.63) is 45.9 Å². The zero-order chi connectivity index (χ0) is 14.8. The van der Waals surface area contributed by atoms with Gasteiger partial charge in [0.15, 0.2) is 0 Å². The number of benzene rings is 1. The van der Waals surface area contributed by atoms with Gasteiger partial charge in [-0.2, -0.15) is 0 Å². The standard InChI is InChI=1S/C14H13BrClFN4/c15-9-6-18-14(19-7-9)20-10-3-4-21(8-10)11-1-2-13(17)12(16)5-11/h1-2,5-7,10H,3-4,8H2,(H,18,19,20). The van der Waals surface area contributed by atoms with Crippen molar-refractivity contribution in [2.24, 2.45) is 0 Å². The molecule has 21 heavy (non-hydrogen) atoms. The molecule has 1 N–H and O–H groups in total. The van der Waals surface area contributed by atoms with E-state index < -0.39 is 5.82 Å². The molecule has 1 unspecified atom stereocenters. The smallest absolute Gasteiger partial charge is 0.222 e. The Morgan fingerprint density at radius 3 is 2.81 bits per heavy atom. The molecule has 1 aliphatic rings. The molecular formula is C14H13BrClFN4. The van der Waals surface area contributed by atoms with Crippen molar-refractivity contribution < 1.29 is 4.39 Å². The number of halogens is 3. The summed E-state index contributed by atoms with van der Waals surface area (Å²) < 4.78 is 14.0. The van der Waals surface area contributed by atoms with Crippen LogP contribution in [0.5, 0.6) is 0 Å². The minimum Gasteiger partial charge on any atom is -0.369 e. The van der Waals surface area contributed by atoms with Gasteiger partial charge in [0, 0.05) is 37.2 Å². The largest absolute Gasteiger partial charge is 0.369 e.